The number of nitrogens with zero attached hydrogens (tertiary/aromatic N) is 4. The molecule has 0 atom stereocenters. The van der Waals surface area contributed by atoms with Gasteiger partial charge in [0.2, 0.25) is 0 Å². The van der Waals surface area contributed by atoms with Crippen LogP contribution in [0.4, 0.5) is 4.39 Å². The minimum atomic E-state index is -0.903. The van der Waals surface area contributed by atoms with Gasteiger partial charge in [-0.05, 0) is 55.2 Å². The van der Waals surface area contributed by atoms with Gasteiger partial charge in [0.05, 0.1) is 23.5 Å². The molecule has 0 aliphatic carbocycles. The summed E-state index contributed by atoms with van der Waals surface area (Å²) in [4.78, 5) is 26.6. The SMILES string of the molecule is CCC(CC)(Cc1c(SC(C)(C)C)c2cc(OCc3ccc(C)cn3)ccc2n1Cc1ccc(-c2ncc(F)cn2)cc1)C(=O)O. The molecule has 0 amide bonds. The molecule has 0 aliphatic heterocycles. The molecule has 3 aromatic heterocycles. The van der Waals surface area contributed by atoms with Gasteiger partial charge in [-0.25, -0.2) is 14.4 Å². The third-order valence-corrected chi connectivity index (χ3v) is 9.62. The van der Waals surface area contributed by atoms with Crippen LogP contribution in [0.5, 0.6) is 5.75 Å². The van der Waals surface area contributed by atoms with Crippen LogP contribution in [0.3, 0.4) is 0 Å². The lowest BCUT2D eigenvalue weighted by Crippen LogP contribution is -2.33. The number of rotatable bonds is 12. The minimum Gasteiger partial charge on any atom is -0.487 e. The normalized spacial score (nSPS) is 12.1. The molecule has 0 bridgehead atoms. The summed E-state index contributed by atoms with van der Waals surface area (Å²) in [5.41, 5.74) is 4.88. The summed E-state index contributed by atoms with van der Waals surface area (Å²) in [5.74, 6) is -0.0737. The smallest absolute Gasteiger partial charge is 0.310 e. The molecule has 0 saturated heterocycles. The van der Waals surface area contributed by atoms with Crippen molar-refractivity contribution < 1.29 is 19.0 Å². The van der Waals surface area contributed by atoms with Crippen molar-refractivity contribution in [2.75, 3.05) is 0 Å². The maximum Gasteiger partial charge on any atom is 0.310 e. The standard InChI is InChI=1S/C37H41FN4O3S/c1-7-37(8-2,35(43)44)18-32-33(46-36(4,5)6)30-17-29(45-23-28-14-9-24(3)19-39-28)15-16-31(30)42(32)22-25-10-12-26(13-11-25)34-40-20-27(38)21-41-34/h9-17,19-21H,7-8,18,22-23H2,1-6H3,(H,43,44). The van der Waals surface area contributed by atoms with Crippen molar-refractivity contribution in [1.82, 2.24) is 19.5 Å². The molecule has 0 radical (unpaired) electrons. The van der Waals surface area contributed by atoms with Crippen LogP contribution in [0.15, 0.2) is 78.1 Å². The van der Waals surface area contributed by atoms with Gasteiger partial charge in [0.25, 0.3) is 0 Å². The Kier molecular flexibility index (Phi) is 9.82. The van der Waals surface area contributed by atoms with Crippen molar-refractivity contribution in [3.63, 3.8) is 0 Å². The number of ether oxygens (including phenoxy) is 1. The Labute approximate surface area is 274 Å². The lowest BCUT2D eigenvalue weighted by atomic mass is 9.78. The van der Waals surface area contributed by atoms with Crippen LogP contribution in [0, 0.1) is 18.2 Å². The number of hydrogen-bond acceptors (Lipinski definition) is 6. The molecular formula is C37H41FN4O3S. The molecule has 5 rings (SSSR count). The molecule has 5 aromatic rings. The van der Waals surface area contributed by atoms with Gasteiger partial charge in [0.15, 0.2) is 11.6 Å². The van der Waals surface area contributed by atoms with E-state index in [1.807, 2.05) is 69.4 Å². The lowest BCUT2D eigenvalue weighted by Gasteiger charge is -2.29. The van der Waals surface area contributed by atoms with E-state index >= 15 is 0 Å². The molecule has 0 aliphatic rings. The second-order valence-corrected chi connectivity index (χ2v) is 14.6. The zero-order valence-electron chi connectivity index (χ0n) is 27.3. The van der Waals surface area contributed by atoms with Gasteiger partial charge in [-0.15, -0.1) is 11.8 Å². The van der Waals surface area contributed by atoms with E-state index in [4.69, 9.17) is 4.74 Å². The van der Waals surface area contributed by atoms with Gasteiger partial charge in [-0.2, -0.15) is 0 Å². The van der Waals surface area contributed by atoms with E-state index in [0.29, 0.717) is 38.2 Å². The largest absolute Gasteiger partial charge is 0.487 e. The highest BCUT2D eigenvalue weighted by atomic mass is 32.2. The number of benzene rings is 2. The van der Waals surface area contributed by atoms with Gasteiger partial charge in [0, 0.05) is 51.0 Å². The van der Waals surface area contributed by atoms with Gasteiger partial charge < -0.3 is 14.4 Å². The van der Waals surface area contributed by atoms with Crippen LogP contribution < -0.4 is 4.74 Å². The van der Waals surface area contributed by atoms with Crippen molar-refractivity contribution >= 4 is 28.6 Å². The zero-order chi connectivity index (χ0) is 33.1. The maximum absolute atomic E-state index is 13.4. The van der Waals surface area contributed by atoms with Gasteiger partial charge in [-0.3, -0.25) is 9.78 Å². The number of aromatic nitrogens is 4. The summed E-state index contributed by atoms with van der Waals surface area (Å²) >= 11 is 1.76. The average Bonchev–Trinajstić information content (AvgIpc) is 3.29. The highest BCUT2D eigenvalue weighted by Gasteiger charge is 2.38. The van der Waals surface area contributed by atoms with Gasteiger partial charge in [-0.1, -0.05) is 65.0 Å². The van der Waals surface area contributed by atoms with E-state index in [9.17, 15) is 14.3 Å². The lowest BCUT2D eigenvalue weighted by molar-refractivity contribution is -0.149. The number of carbonyl (C=O) groups is 1. The molecule has 1 N–H and O–H groups in total. The number of fused-ring (bicyclic) bond motifs is 1. The van der Waals surface area contributed by atoms with Crippen molar-refractivity contribution in [1.29, 1.82) is 0 Å². The summed E-state index contributed by atoms with van der Waals surface area (Å²) in [7, 11) is 0. The predicted molar refractivity (Wildman–Crippen MR) is 182 cm³/mol. The first-order valence-electron chi connectivity index (χ1n) is 15.6. The summed E-state index contributed by atoms with van der Waals surface area (Å²) in [6.45, 7) is 13.3. The quantitative estimate of drug-likeness (QED) is 0.136. The molecule has 3 heterocycles. The Morgan fingerprint density at radius 3 is 2.24 bits per heavy atom. The van der Waals surface area contributed by atoms with Gasteiger partial charge >= 0.3 is 5.97 Å². The highest BCUT2D eigenvalue weighted by molar-refractivity contribution is 8.00. The first kappa shape index (κ1) is 33.1. The number of pyridine rings is 1. The number of aliphatic carboxylic acids is 1. The van der Waals surface area contributed by atoms with E-state index in [2.05, 4.69) is 52.4 Å². The molecule has 2 aromatic carbocycles. The number of hydrogen-bond donors (Lipinski definition) is 1. The Balaban J connectivity index is 1.61. The van der Waals surface area contributed by atoms with Crippen molar-refractivity contribution in [3.8, 4) is 17.1 Å². The molecule has 0 saturated carbocycles. The topological polar surface area (TPSA) is 90.1 Å². The highest BCUT2D eigenvalue weighted by Crippen LogP contribution is 2.45. The second kappa shape index (κ2) is 13.6. The third kappa shape index (κ3) is 7.41. The van der Waals surface area contributed by atoms with Crippen LogP contribution in [0.2, 0.25) is 0 Å². The molecule has 0 unspecified atom stereocenters. The monoisotopic (exact) mass is 640 g/mol. The van der Waals surface area contributed by atoms with E-state index in [1.54, 1.807) is 11.8 Å². The van der Waals surface area contributed by atoms with Crippen LogP contribution in [0.25, 0.3) is 22.3 Å². The average molecular weight is 641 g/mol. The fourth-order valence-electron chi connectivity index (χ4n) is 5.56. The summed E-state index contributed by atoms with van der Waals surface area (Å²) in [6.07, 6.45) is 5.59. The van der Waals surface area contributed by atoms with E-state index in [0.717, 1.165) is 62.0 Å². The first-order valence-corrected chi connectivity index (χ1v) is 16.4. The molecule has 46 heavy (non-hydrogen) atoms. The van der Waals surface area contributed by atoms with Crippen molar-refractivity contribution in [2.45, 2.75) is 83.6 Å². The van der Waals surface area contributed by atoms with Gasteiger partial charge in [0.1, 0.15) is 12.4 Å². The fourth-order valence-corrected chi connectivity index (χ4v) is 6.75. The molecule has 0 spiro atoms. The summed E-state index contributed by atoms with van der Waals surface area (Å²) in [5, 5.41) is 11.5. The van der Waals surface area contributed by atoms with Crippen molar-refractivity contribution in [3.05, 3.63) is 102 Å². The maximum atomic E-state index is 13.4. The molecule has 7 nitrogen and oxygen atoms in total. The van der Waals surface area contributed by atoms with Crippen molar-refractivity contribution in [2.24, 2.45) is 5.41 Å². The molecule has 240 valence electrons. The van der Waals surface area contributed by atoms with Crippen LogP contribution in [-0.2, 0) is 24.4 Å². The number of carboxylic acids is 1. The number of carboxylic acid groups (broad SMARTS) is 1. The minimum absolute atomic E-state index is 0.127. The van der Waals surface area contributed by atoms with Crippen LogP contribution in [0.1, 0.15) is 70.0 Å². The summed E-state index contributed by atoms with van der Waals surface area (Å²) < 4.78 is 21.7. The van der Waals surface area contributed by atoms with Crippen LogP contribution >= 0.6 is 11.8 Å². The van der Waals surface area contributed by atoms with E-state index in [1.165, 1.54) is 0 Å². The molecule has 9 heteroatoms. The zero-order valence-corrected chi connectivity index (χ0v) is 28.1. The predicted octanol–water partition coefficient (Wildman–Crippen LogP) is 8.89. The number of halogens is 1. The number of aryl methyl sites for hydroxylation is 1. The van der Waals surface area contributed by atoms with E-state index in [-0.39, 0.29) is 4.75 Å². The van der Waals surface area contributed by atoms with Crippen LogP contribution in [-0.4, -0.2) is 35.3 Å². The Hall–Kier alpha value is -4.24. The number of thioether (sulfide) groups is 1. The summed E-state index contributed by atoms with van der Waals surface area (Å²) in [6, 6.07) is 18.0. The Morgan fingerprint density at radius 2 is 1.65 bits per heavy atom. The van der Waals surface area contributed by atoms with E-state index < -0.39 is 17.2 Å². The fraction of sp³-hybridized carbons (Fsp3) is 0.351. The Bertz CT molecular complexity index is 1810. The molecular weight excluding hydrogens is 599 g/mol. The Morgan fingerprint density at radius 1 is 0.957 bits per heavy atom. The third-order valence-electron chi connectivity index (χ3n) is 8.35. The first-order chi connectivity index (χ1) is 21.9. The molecule has 0 fully saturated rings. The second-order valence-electron chi connectivity index (χ2n) is 12.8.